The van der Waals surface area contributed by atoms with Gasteiger partial charge in [0.05, 0.1) is 4.92 Å². The molecule has 2 aromatic rings. The van der Waals surface area contributed by atoms with Crippen LogP contribution in [0.3, 0.4) is 0 Å². The van der Waals surface area contributed by atoms with Crippen LogP contribution >= 0.6 is 7.75 Å². The Morgan fingerprint density at radius 1 is 1.05 bits per heavy atom. The number of esters is 1. The summed E-state index contributed by atoms with van der Waals surface area (Å²) in [6.45, 7) is 7.03. The van der Waals surface area contributed by atoms with Gasteiger partial charge >= 0.3 is 19.8 Å². The summed E-state index contributed by atoms with van der Waals surface area (Å²) in [5.41, 5.74) is -0.891. The van der Waals surface area contributed by atoms with Gasteiger partial charge in [0.15, 0.2) is 6.23 Å². The first-order chi connectivity index (χ1) is 17.8. The van der Waals surface area contributed by atoms with E-state index in [2.05, 4.69) is 5.09 Å². The summed E-state index contributed by atoms with van der Waals surface area (Å²) in [5.74, 6) is -0.560. The van der Waals surface area contributed by atoms with Crippen molar-refractivity contribution in [2.75, 3.05) is 6.54 Å². The van der Waals surface area contributed by atoms with Crippen LogP contribution in [0.2, 0.25) is 0 Å². The van der Waals surface area contributed by atoms with Gasteiger partial charge in [0.25, 0.3) is 5.69 Å². The van der Waals surface area contributed by atoms with E-state index in [-0.39, 0.29) is 17.2 Å². The van der Waals surface area contributed by atoms with Gasteiger partial charge in [-0.3, -0.25) is 19.8 Å². The molecule has 2 aromatic carbocycles. The van der Waals surface area contributed by atoms with Crippen molar-refractivity contribution >= 4 is 25.5 Å². The Kier molecular flexibility index (Phi) is 9.35. The minimum absolute atomic E-state index is 0.0197. The molecule has 0 spiro atoms. The van der Waals surface area contributed by atoms with Crippen LogP contribution in [0.1, 0.15) is 47.0 Å². The Morgan fingerprint density at radius 3 is 2.24 bits per heavy atom. The minimum Gasteiger partial charge on any atom is -0.444 e. The fourth-order valence-electron chi connectivity index (χ4n) is 3.54. The van der Waals surface area contributed by atoms with Crippen molar-refractivity contribution in [3.05, 3.63) is 64.7 Å². The summed E-state index contributed by atoms with van der Waals surface area (Å²) < 4.78 is 35.9. The average molecular weight is 550 g/mol. The molecule has 0 bridgehead atoms. The van der Waals surface area contributed by atoms with E-state index in [9.17, 15) is 24.3 Å². The lowest BCUT2D eigenvalue weighted by Crippen LogP contribution is -2.49. The fraction of sp³-hybridized carbons (Fsp3) is 0.440. The average Bonchev–Trinajstić information content (AvgIpc) is 2.84. The molecule has 12 nitrogen and oxygen atoms in total. The molecule has 1 aliphatic rings. The van der Waals surface area contributed by atoms with E-state index in [0.717, 1.165) is 12.8 Å². The highest BCUT2D eigenvalue weighted by molar-refractivity contribution is 7.52. The molecule has 1 N–H and O–H groups in total. The topological polar surface area (TPSA) is 147 Å². The summed E-state index contributed by atoms with van der Waals surface area (Å²) in [7, 11) is -4.25. The SMILES string of the molecule is C[C@H](NP(=O)(Oc1ccccc1)Oc1ccc([N+](=O)[O-])cc1)C(=O)OC1CCCCN1C(=O)OC(C)(C)C. The number of piperidine rings is 1. The van der Waals surface area contributed by atoms with Gasteiger partial charge in [0, 0.05) is 25.1 Å². The van der Waals surface area contributed by atoms with E-state index < -0.39 is 42.6 Å². The lowest BCUT2D eigenvalue weighted by molar-refractivity contribution is -0.384. The Hall–Kier alpha value is -3.63. The second-order valence-electron chi connectivity index (χ2n) is 9.66. The molecule has 3 atom stereocenters. The fourth-order valence-corrected chi connectivity index (χ4v) is 5.06. The third-order valence-electron chi connectivity index (χ3n) is 5.28. The summed E-state index contributed by atoms with van der Waals surface area (Å²) in [5, 5.41) is 13.5. The Bertz CT molecular complexity index is 1170. The van der Waals surface area contributed by atoms with Crippen molar-refractivity contribution < 1.29 is 37.6 Å². The van der Waals surface area contributed by atoms with Crippen LogP contribution in [0.15, 0.2) is 54.6 Å². The number of likely N-dealkylation sites (tertiary alicyclic amines) is 1. The lowest BCUT2D eigenvalue weighted by Gasteiger charge is -2.36. The highest BCUT2D eigenvalue weighted by Gasteiger charge is 2.37. The summed E-state index contributed by atoms with van der Waals surface area (Å²) in [6, 6.07) is 11.9. The molecule has 1 heterocycles. The molecule has 13 heteroatoms. The molecule has 0 aliphatic carbocycles. The number of non-ortho nitro benzene ring substituents is 1. The molecular weight excluding hydrogens is 517 g/mol. The third-order valence-corrected chi connectivity index (χ3v) is 6.88. The predicted molar refractivity (Wildman–Crippen MR) is 138 cm³/mol. The highest BCUT2D eigenvalue weighted by Crippen LogP contribution is 2.45. The standard InChI is InChI=1S/C25H32N3O9P/c1-18(23(29)34-22-12-8-9-17-27(22)24(30)35-25(2,3)4)26-38(33,36-20-10-6-5-7-11-20)37-21-15-13-19(14-16-21)28(31)32/h5-7,10-11,13-16,18,22H,8-9,12,17H2,1-4H3,(H,26,33)/t18-,22?,38?/m0/s1. The summed E-state index contributed by atoms with van der Waals surface area (Å²) in [6.07, 6.45) is 0.479. The van der Waals surface area contributed by atoms with E-state index in [1.807, 2.05) is 0 Å². The van der Waals surface area contributed by atoms with Crippen LogP contribution in [0.25, 0.3) is 0 Å². The minimum atomic E-state index is -4.25. The molecule has 38 heavy (non-hydrogen) atoms. The van der Waals surface area contributed by atoms with Crippen molar-refractivity contribution in [3.63, 3.8) is 0 Å². The second kappa shape index (κ2) is 12.3. The number of ether oxygens (including phenoxy) is 2. The molecule has 1 amide bonds. The number of para-hydroxylation sites is 1. The van der Waals surface area contributed by atoms with Crippen LogP contribution < -0.4 is 14.1 Å². The Balaban J connectivity index is 1.74. The smallest absolute Gasteiger partial charge is 0.444 e. The van der Waals surface area contributed by atoms with Gasteiger partial charge in [0.2, 0.25) is 0 Å². The van der Waals surface area contributed by atoms with Gasteiger partial charge in [-0.15, -0.1) is 0 Å². The van der Waals surface area contributed by atoms with E-state index in [1.165, 1.54) is 36.1 Å². The molecular formula is C25H32N3O9P. The molecule has 0 saturated carbocycles. The first kappa shape index (κ1) is 28.9. The van der Waals surface area contributed by atoms with Gasteiger partial charge < -0.3 is 18.5 Å². The zero-order valence-corrected chi connectivity index (χ0v) is 22.6. The molecule has 0 radical (unpaired) electrons. The van der Waals surface area contributed by atoms with Crippen LogP contribution in [0, 0.1) is 10.1 Å². The number of carbonyl (C=O) groups excluding carboxylic acids is 2. The molecule has 206 valence electrons. The number of nitro benzene ring substituents is 1. The van der Waals surface area contributed by atoms with Crippen molar-refractivity contribution in [3.8, 4) is 11.5 Å². The Labute approximate surface area is 220 Å². The largest absolute Gasteiger partial charge is 0.513 e. The van der Waals surface area contributed by atoms with E-state index in [4.69, 9.17) is 18.5 Å². The normalized spacial score (nSPS) is 18.0. The maximum Gasteiger partial charge on any atom is 0.513 e. The molecule has 3 rings (SSSR count). The maximum absolute atomic E-state index is 13.7. The van der Waals surface area contributed by atoms with Gasteiger partial charge in [-0.05, 0) is 64.8 Å². The Morgan fingerprint density at radius 2 is 1.66 bits per heavy atom. The molecule has 0 aromatic heterocycles. The molecule has 1 fully saturated rings. The number of amides is 1. The highest BCUT2D eigenvalue weighted by atomic mass is 31.2. The van der Waals surface area contributed by atoms with E-state index in [1.54, 1.807) is 51.1 Å². The van der Waals surface area contributed by atoms with Gasteiger partial charge in [-0.2, -0.15) is 5.09 Å². The van der Waals surface area contributed by atoms with Crippen LogP contribution in [0.5, 0.6) is 11.5 Å². The molecule has 1 aliphatic heterocycles. The van der Waals surface area contributed by atoms with Crippen LogP contribution in [-0.2, 0) is 18.8 Å². The first-order valence-electron chi connectivity index (χ1n) is 12.1. The number of nitrogens with one attached hydrogen (secondary N) is 1. The maximum atomic E-state index is 13.7. The number of hydrogen-bond acceptors (Lipinski definition) is 9. The summed E-state index contributed by atoms with van der Waals surface area (Å²) >= 11 is 0. The zero-order chi connectivity index (χ0) is 27.9. The van der Waals surface area contributed by atoms with Gasteiger partial charge in [-0.25, -0.2) is 9.36 Å². The van der Waals surface area contributed by atoms with Crippen molar-refractivity contribution in [1.82, 2.24) is 9.99 Å². The van der Waals surface area contributed by atoms with Crippen LogP contribution in [0.4, 0.5) is 10.5 Å². The third kappa shape index (κ3) is 8.46. The summed E-state index contributed by atoms with van der Waals surface area (Å²) in [4.78, 5) is 37.4. The number of hydrogen-bond donors (Lipinski definition) is 1. The number of benzene rings is 2. The van der Waals surface area contributed by atoms with E-state index in [0.29, 0.717) is 13.0 Å². The van der Waals surface area contributed by atoms with E-state index >= 15 is 0 Å². The number of carbonyl (C=O) groups is 2. The second-order valence-corrected chi connectivity index (χ2v) is 11.3. The van der Waals surface area contributed by atoms with Crippen LogP contribution in [-0.4, -0.2) is 46.3 Å². The predicted octanol–water partition coefficient (Wildman–Crippen LogP) is 5.43. The zero-order valence-electron chi connectivity index (χ0n) is 21.7. The number of rotatable bonds is 9. The number of nitro groups is 1. The van der Waals surface area contributed by atoms with Gasteiger partial charge in [0.1, 0.15) is 23.1 Å². The molecule has 1 saturated heterocycles. The lowest BCUT2D eigenvalue weighted by atomic mass is 10.1. The first-order valence-corrected chi connectivity index (χ1v) is 13.7. The monoisotopic (exact) mass is 549 g/mol. The van der Waals surface area contributed by atoms with Crippen molar-refractivity contribution in [2.24, 2.45) is 0 Å². The van der Waals surface area contributed by atoms with Crippen molar-refractivity contribution in [1.29, 1.82) is 0 Å². The molecule has 2 unspecified atom stereocenters. The number of nitrogens with zero attached hydrogens (tertiary/aromatic N) is 2. The van der Waals surface area contributed by atoms with Crippen molar-refractivity contribution in [2.45, 2.75) is 64.8 Å². The quantitative estimate of drug-likeness (QED) is 0.186. The van der Waals surface area contributed by atoms with Gasteiger partial charge in [-0.1, -0.05) is 18.2 Å².